The highest BCUT2D eigenvalue weighted by Crippen LogP contribution is 2.16. The van der Waals surface area contributed by atoms with Gasteiger partial charge in [-0.25, -0.2) is 0 Å². The van der Waals surface area contributed by atoms with Gasteiger partial charge in [-0.2, -0.15) is 0 Å². The van der Waals surface area contributed by atoms with Gasteiger partial charge in [-0.15, -0.1) is 0 Å². The average Bonchev–Trinajstić information content (AvgIpc) is 2.82. The van der Waals surface area contributed by atoms with Gasteiger partial charge in [0, 0.05) is 23.9 Å². The minimum absolute atomic E-state index is 0.0346. The Balaban J connectivity index is 1.90. The monoisotopic (exact) mass is 276 g/mol. The van der Waals surface area contributed by atoms with E-state index in [9.17, 15) is 14.9 Å². The number of hydrogen-bond donors (Lipinski definition) is 2. The van der Waals surface area contributed by atoms with Crippen LogP contribution in [0.25, 0.3) is 0 Å². The summed E-state index contributed by atoms with van der Waals surface area (Å²) in [5.41, 5.74) is 0.452. The molecule has 20 heavy (non-hydrogen) atoms. The highest BCUT2D eigenvalue weighted by atomic mass is 16.6. The SMILES string of the molecule is Cc1cc(NC(=O)CNc2cccc([N+](=O)[O-])c2)no1. The number of nitrogens with zero attached hydrogens (tertiary/aromatic N) is 2. The molecule has 0 bridgehead atoms. The van der Waals surface area contributed by atoms with Crippen LogP contribution in [0.2, 0.25) is 0 Å². The number of nitro benzene ring substituents is 1. The van der Waals surface area contributed by atoms with E-state index in [1.165, 1.54) is 12.1 Å². The molecule has 1 heterocycles. The van der Waals surface area contributed by atoms with E-state index in [1.54, 1.807) is 25.1 Å². The van der Waals surface area contributed by atoms with Crippen molar-refractivity contribution in [3.05, 3.63) is 46.2 Å². The first kappa shape index (κ1) is 13.5. The molecule has 0 saturated carbocycles. The van der Waals surface area contributed by atoms with Gasteiger partial charge in [-0.05, 0) is 13.0 Å². The lowest BCUT2D eigenvalue weighted by Gasteiger charge is -2.05. The highest BCUT2D eigenvalue weighted by molar-refractivity contribution is 5.92. The number of non-ortho nitro benzene ring substituents is 1. The molecule has 0 spiro atoms. The average molecular weight is 276 g/mol. The van der Waals surface area contributed by atoms with Crippen LogP contribution in [0.3, 0.4) is 0 Å². The number of nitrogens with one attached hydrogen (secondary N) is 2. The fourth-order valence-corrected chi connectivity index (χ4v) is 1.52. The summed E-state index contributed by atoms with van der Waals surface area (Å²) in [7, 11) is 0. The summed E-state index contributed by atoms with van der Waals surface area (Å²) in [5.74, 6) is 0.588. The molecule has 0 aliphatic carbocycles. The molecule has 0 fully saturated rings. The third-order valence-electron chi connectivity index (χ3n) is 2.41. The second-order valence-corrected chi connectivity index (χ2v) is 4.03. The van der Waals surface area contributed by atoms with Gasteiger partial charge in [0.2, 0.25) is 5.91 Å². The zero-order valence-corrected chi connectivity index (χ0v) is 10.6. The summed E-state index contributed by atoms with van der Waals surface area (Å²) in [4.78, 5) is 21.7. The van der Waals surface area contributed by atoms with E-state index < -0.39 is 4.92 Å². The van der Waals surface area contributed by atoms with E-state index in [-0.39, 0.29) is 18.1 Å². The van der Waals surface area contributed by atoms with Crippen LogP contribution in [0.15, 0.2) is 34.9 Å². The Morgan fingerprint density at radius 3 is 2.90 bits per heavy atom. The molecular formula is C12H12N4O4. The quantitative estimate of drug-likeness (QED) is 0.637. The van der Waals surface area contributed by atoms with Gasteiger partial charge in [0.25, 0.3) is 5.69 Å². The summed E-state index contributed by atoms with van der Waals surface area (Å²) in [6.07, 6.45) is 0. The van der Waals surface area contributed by atoms with Crippen LogP contribution < -0.4 is 10.6 Å². The van der Waals surface area contributed by atoms with Crippen molar-refractivity contribution < 1.29 is 14.2 Å². The topological polar surface area (TPSA) is 110 Å². The van der Waals surface area contributed by atoms with Crippen LogP contribution in [0, 0.1) is 17.0 Å². The van der Waals surface area contributed by atoms with Gasteiger partial charge in [-0.1, -0.05) is 11.2 Å². The zero-order chi connectivity index (χ0) is 14.5. The van der Waals surface area contributed by atoms with Crippen LogP contribution in [0.5, 0.6) is 0 Å². The molecule has 8 heteroatoms. The van der Waals surface area contributed by atoms with Crippen molar-refractivity contribution in [1.29, 1.82) is 0 Å². The molecule has 8 nitrogen and oxygen atoms in total. The molecule has 2 aromatic rings. The largest absolute Gasteiger partial charge is 0.376 e. The lowest BCUT2D eigenvalue weighted by molar-refractivity contribution is -0.384. The summed E-state index contributed by atoms with van der Waals surface area (Å²) >= 11 is 0. The van der Waals surface area contributed by atoms with E-state index >= 15 is 0 Å². The first-order valence-electron chi connectivity index (χ1n) is 5.76. The molecule has 1 aromatic carbocycles. The van der Waals surface area contributed by atoms with Crippen molar-refractivity contribution in [1.82, 2.24) is 5.16 Å². The molecule has 1 aromatic heterocycles. The highest BCUT2D eigenvalue weighted by Gasteiger charge is 2.08. The Morgan fingerprint density at radius 2 is 2.25 bits per heavy atom. The fraction of sp³-hybridized carbons (Fsp3) is 0.167. The molecule has 2 rings (SSSR count). The Hall–Kier alpha value is -2.90. The van der Waals surface area contributed by atoms with Gasteiger partial charge in [-0.3, -0.25) is 14.9 Å². The molecular weight excluding hydrogens is 264 g/mol. The van der Waals surface area contributed by atoms with Crippen LogP contribution >= 0.6 is 0 Å². The van der Waals surface area contributed by atoms with Crippen molar-refractivity contribution in [3.63, 3.8) is 0 Å². The molecule has 2 N–H and O–H groups in total. The molecule has 0 unspecified atom stereocenters. The van der Waals surface area contributed by atoms with Crippen molar-refractivity contribution >= 4 is 23.1 Å². The summed E-state index contributed by atoms with van der Waals surface area (Å²) < 4.78 is 4.81. The maximum absolute atomic E-state index is 11.6. The smallest absolute Gasteiger partial charge is 0.271 e. The third-order valence-corrected chi connectivity index (χ3v) is 2.41. The number of aryl methyl sites for hydroxylation is 1. The molecule has 0 radical (unpaired) electrons. The van der Waals surface area contributed by atoms with Crippen molar-refractivity contribution in [2.75, 3.05) is 17.2 Å². The van der Waals surface area contributed by atoms with Crippen molar-refractivity contribution in [2.45, 2.75) is 6.92 Å². The Bertz CT molecular complexity index is 638. The Labute approximate surface area is 113 Å². The minimum Gasteiger partial charge on any atom is -0.376 e. The number of nitro groups is 1. The maximum atomic E-state index is 11.6. The number of anilines is 2. The van der Waals surface area contributed by atoms with E-state index in [4.69, 9.17) is 4.52 Å². The van der Waals surface area contributed by atoms with Crippen LogP contribution in [0.4, 0.5) is 17.2 Å². The normalized spacial score (nSPS) is 10.1. The van der Waals surface area contributed by atoms with E-state index in [0.29, 0.717) is 17.3 Å². The van der Waals surface area contributed by atoms with Gasteiger partial charge >= 0.3 is 0 Å². The van der Waals surface area contributed by atoms with Gasteiger partial charge < -0.3 is 15.2 Å². The first-order chi connectivity index (χ1) is 9.54. The number of benzene rings is 1. The maximum Gasteiger partial charge on any atom is 0.271 e. The summed E-state index contributed by atoms with van der Waals surface area (Å²) in [6.45, 7) is 1.68. The number of amides is 1. The number of carbonyl (C=O) groups excluding carboxylic acids is 1. The van der Waals surface area contributed by atoms with E-state index in [0.717, 1.165) is 0 Å². The number of aromatic nitrogens is 1. The Morgan fingerprint density at radius 1 is 1.45 bits per heavy atom. The molecule has 1 amide bonds. The number of carbonyl (C=O) groups is 1. The van der Waals surface area contributed by atoms with Crippen LogP contribution in [-0.2, 0) is 4.79 Å². The number of rotatable bonds is 5. The predicted molar refractivity (Wildman–Crippen MR) is 71.5 cm³/mol. The zero-order valence-electron chi connectivity index (χ0n) is 10.6. The van der Waals surface area contributed by atoms with E-state index in [1.807, 2.05) is 0 Å². The molecule has 0 aliphatic rings. The molecule has 0 saturated heterocycles. The molecule has 0 atom stereocenters. The van der Waals surface area contributed by atoms with Crippen molar-refractivity contribution in [3.8, 4) is 0 Å². The second-order valence-electron chi connectivity index (χ2n) is 4.03. The lowest BCUT2D eigenvalue weighted by atomic mass is 10.3. The first-order valence-corrected chi connectivity index (χ1v) is 5.76. The third kappa shape index (κ3) is 3.55. The van der Waals surface area contributed by atoms with Crippen LogP contribution in [0.1, 0.15) is 5.76 Å². The fourth-order valence-electron chi connectivity index (χ4n) is 1.52. The standard InChI is InChI=1S/C12H12N4O4/c1-8-5-11(15-20-8)14-12(17)7-13-9-3-2-4-10(6-9)16(18)19/h2-6,13H,7H2,1H3,(H,14,15,17). The van der Waals surface area contributed by atoms with Gasteiger partial charge in [0.15, 0.2) is 5.82 Å². The molecule has 104 valence electrons. The summed E-state index contributed by atoms with van der Waals surface area (Å²) in [6, 6.07) is 7.50. The second kappa shape index (κ2) is 5.83. The van der Waals surface area contributed by atoms with E-state index in [2.05, 4.69) is 15.8 Å². The lowest BCUT2D eigenvalue weighted by Crippen LogP contribution is -2.21. The molecule has 0 aliphatic heterocycles. The van der Waals surface area contributed by atoms with Gasteiger partial charge in [0.1, 0.15) is 5.76 Å². The predicted octanol–water partition coefficient (Wildman–Crippen LogP) is 1.94. The Kier molecular flexibility index (Phi) is 3.94. The van der Waals surface area contributed by atoms with Gasteiger partial charge in [0.05, 0.1) is 11.5 Å². The minimum atomic E-state index is -0.497. The van der Waals surface area contributed by atoms with Crippen LogP contribution in [-0.4, -0.2) is 22.5 Å². The summed E-state index contributed by atoms with van der Waals surface area (Å²) in [5, 5.41) is 19.6. The number of hydrogen-bond acceptors (Lipinski definition) is 6. The van der Waals surface area contributed by atoms with Crippen molar-refractivity contribution in [2.24, 2.45) is 0 Å².